The van der Waals surface area contributed by atoms with Crippen LogP contribution in [0.15, 0.2) is 0 Å². The minimum absolute atomic E-state index is 0.204. The van der Waals surface area contributed by atoms with Crippen molar-refractivity contribution in [1.82, 2.24) is 10.2 Å². The van der Waals surface area contributed by atoms with E-state index in [0.29, 0.717) is 16.9 Å². The molecule has 0 aromatic heterocycles. The first-order chi connectivity index (χ1) is 8.61. The Kier molecular flexibility index (Phi) is 4.66. The second kappa shape index (κ2) is 6.06. The molecule has 7 heteroatoms. The zero-order valence-electron chi connectivity index (χ0n) is 10.3. The lowest BCUT2D eigenvalue weighted by Crippen LogP contribution is -2.49. The van der Waals surface area contributed by atoms with Crippen molar-refractivity contribution in [3.05, 3.63) is 0 Å². The van der Waals surface area contributed by atoms with Crippen LogP contribution in [-0.2, 0) is 4.79 Å². The molecule has 0 aromatic carbocycles. The van der Waals surface area contributed by atoms with E-state index in [1.807, 2.05) is 11.8 Å². The first-order valence-corrected chi connectivity index (χ1v) is 8.46. The molecule has 1 saturated heterocycles. The topological polar surface area (TPSA) is 69.6 Å². The smallest absolute Gasteiger partial charge is 0.327 e. The Bertz CT molecular complexity index is 340. The van der Waals surface area contributed by atoms with Gasteiger partial charge >= 0.3 is 12.0 Å². The second-order valence-corrected chi connectivity index (χ2v) is 6.78. The first kappa shape index (κ1) is 13.9. The number of carbonyl (C=O) groups is 2. The lowest BCUT2D eigenvalue weighted by molar-refractivity contribution is -0.140. The van der Waals surface area contributed by atoms with Crippen LogP contribution < -0.4 is 5.32 Å². The summed E-state index contributed by atoms with van der Waals surface area (Å²) < 4.78 is 0. The van der Waals surface area contributed by atoms with Crippen LogP contribution in [0.5, 0.6) is 0 Å². The van der Waals surface area contributed by atoms with Gasteiger partial charge in [-0.05, 0) is 25.5 Å². The molecule has 1 saturated carbocycles. The number of hydrogen-bond donors (Lipinski definition) is 2. The first-order valence-electron chi connectivity index (χ1n) is 6.02. The Morgan fingerprint density at radius 3 is 2.83 bits per heavy atom. The summed E-state index contributed by atoms with van der Waals surface area (Å²) in [6, 6.07) is -0.693. The van der Waals surface area contributed by atoms with Crippen molar-refractivity contribution in [3.63, 3.8) is 0 Å². The largest absolute Gasteiger partial charge is 0.480 e. The number of carboxylic acids is 1. The third-order valence-corrected chi connectivity index (χ3v) is 5.58. The van der Waals surface area contributed by atoms with Gasteiger partial charge in [-0.25, -0.2) is 9.59 Å². The third-order valence-electron chi connectivity index (χ3n) is 3.47. The number of carboxylic acid groups (broad SMARTS) is 1. The number of amides is 2. The second-order valence-electron chi connectivity index (χ2n) is 4.64. The molecule has 1 heterocycles. The van der Waals surface area contributed by atoms with E-state index in [9.17, 15) is 9.59 Å². The quantitative estimate of drug-likeness (QED) is 0.823. The van der Waals surface area contributed by atoms with E-state index in [2.05, 4.69) is 11.6 Å². The Morgan fingerprint density at radius 2 is 2.22 bits per heavy atom. The van der Waals surface area contributed by atoms with Gasteiger partial charge in [0.05, 0.1) is 5.88 Å². The minimum Gasteiger partial charge on any atom is -0.480 e. The fourth-order valence-corrected chi connectivity index (χ4v) is 4.33. The van der Waals surface area contributed by atoms with Crippen molar-refractivity contribution in [3.8, 4) is 0 Å². The molecule has 2 rings (SSSR count). The standard InChI is InChI=1S/C11H18N2O3S2/c1-17-8-3-2-7(4-8)12-11(16)13-6-18-5-9(13)10(14)15/h7-9H,2-6H2,1H3,(H,12,16)(H,14,15)/t7?,8?,9-/m0/s1. The van der Waals surface area contributed by atoms with Crippen molar-refractivity contribution < 1.29 is 14.7 Å². The molecule has 5 nitrogen and oxygen atoms in total. The van der Waals surface area contributed by atoms with Crippen molar-refractivity contribution >= 4 is 35.5 Å². The van der Waals surface area contributed by atoms with Crippen LogP contribution in [0.4, 0.5) is 4.79 Å². The maximum Gasteiger partial charge on any atom is 0.327 e. The fourth-order valence-electron chi connectivity index (χ4n) is 2.39. The van der Waals surface area contributed by atoms with Crippen LogP contribution >= 0.6 is 23.5 Å². The SMILES string of the molecule is CSC1CCC(NC(=O)N2CSC[C@H]2C(=O)O)C1. The molecule has 0 spiro atoms. The molecular weight excluding hydrogens is 272 g/mol. The predicted molar refractivity (Wildman–Crippen MR) is 74.1 cm³/mol. The van der Waals surface area contributed by atoms with Gasteiger partial charge in [-0.2, -0.15) is 11.8 Å². The summed E-state index contributed by atoms with van der Waals surface area (Å²) in [6.07, 6.45) is 5.21. The molecule has 0 radical (unpaired) electrons. The average Bonchev–Trinajstić information content (AvgIpc) is 2.96. The zero-order valence-corrected chi connectivity index (χ0v) is 11.9. The van der Waals surface area contributed by atoms with Gasteiger partial charge in [0, 0.05) is 17.0 Å². The zero-order chi connectivity index (χ0) is 13.1. The Balaban J connectivity index is 1.86. The molecule has 0 aromatic rings. The number of rotatable bonds is 3. The highest BCUT2D eigenvalue weighted by Crippen LogP contribution is 2.29. The number of nitrogens with zero attached hydrogens (tertiary/aromatic N) is 1. The number of urea groups is 1. The highest BCUT2D eigenvalue weighted by molar-refractivity contribution is 7.99. The molecule has 2 N–H and O–H groups in total. The lowest BCUT2D eigenvalue weighted by Gasteiger charge is -2.23. The highest BCUT2D eigenvalue weighted by Gasteiger charge is 2.36. The molecule has 1 aliphatic heterocycles. The van der Waals surface area contributed by atoms with Crippen LogP contribution in [0.2, 0.25) is 0 Å². The van der Waals surface area contributed by atoms with Gasteiger partial charge in [0.2, 0.25) is 0 Å². The molecule has 2 fully saturated rings. The summed E-state index contributed by atoms with van der Waals surface area (Å²) >= 11 is 3.33. The number of aliphatic carboxylic acids is 1. The van der Waals surface area contributed by atoms with E-state index < -0.39 is 12.0 Å². The Hall–Kier alpha value is -0.560. The number of thioether (sulfide) groups is 2. The third kappa shape index (κ3) is 3.06. The maximum atomic E-state index is 12.0. The normalized spacial score (nSPS) is 31.6. The van der Waals surface area contributed by atoms with Crippen molar-refractivity contribution in [2.24, 2.45) is 0 Å². The number of nitrogens with one attached hydrogen (secondary N) is 1. The molecule has 0 bridgehead atoms. The van der Waals surface area contributed by atoms with E-state index in [1.165, 1.54) is 16.7 Å². The molecule has 3 atom stereocenters. The molecule has 102 valence electrons. The molecule has 2 aliphatic rings. The van der Waals surface area contributed by atoms with E-state index in [1.54, 1.807) is 0 Å². The van der Waals surface area contributed by atoms with Gasteiger partial charge in [0.25, 0.3) is 0 Å². The van der Waals surface area contributed by atoms with Crippen LogP contribution in [0.3, 0.4) is 0 Å². The summed E-state index contributed by atoms with van der Waals surface area (Å²) in [5, 5.41) is 12.6. The summed E-state index contributed by atoms with van der Waals surface area (Å²) in [7, 11) is 0. The van der Waals surface area contributed by atoms with Crippen LogP contribution in [0.25, 0.3) is 0 Å². The average molecular weight is 290 g/mol. The fraction of sp³-hybridized carbons (Fsp3) is 0.818. The molecule has 18 heavy (non-hydrogen) atoms. The summed E-state index contributed by atoms with van der Waals surface area (Å²) in [6.45, 7) is 0. The monoisotopic (exact) mass is 290 g/mol. The number of hydrogen-bond acceptors (Lipinski definition) is 4. The van der Waals surface area contributed by atoms with Gasteiger partial charge in [-0.1, -0.05) is 0 Å². The van der Waals surface area contributed by atoms with Gasteiger partial charge in [0.15, 0.2) is 0 Å². The van der Waals surface area contributed by atoms with Crippen LogP contribution in [0, 0.1) is 0 Å². The van der Waals surface area contributed by atoms with E-state index in [4.69, 9.17) is 5.11 Å². The van der Waals surface area contributed by atoms with Crippen LogP contribution in [0.1, 0.15) is 19.3 Å². The van der Waals surface area contributed by atoms with Crippen molar-refractivity contribution in [2.45, 2.75) is 36.6 Å². The predicted octanol–water partition coefficient (Wildman–Crippen LogP) is 1.44. The Morgan fingerprint density at radius 1 is 1.44 bits per heavy atom. The summed E-state index contributed by atoms with van der Waals surface area (Å²) in [4.78, 5) is 24.5. The van der Waals surface area contributed by atoms with Gasteiger partial charge in [-0.15, -0.1) is 11.8 Å². The highest BCUT2D eigenvalue weighted by atomic mass is 32.2. The molecule has 2 unspecified atom stereocenters. The summed E-state index contributed by atoms with van der Waals surface area (Å²) in [5.41, 5.74) is 0. The summed E-state index contributed by atoms with van der Waals surface area (Å²) in [5.74, 6) is 0.0473. The molecular formula is C11H18N2O3S2. The van der Waals surface area contributed by atoms with Gasteiger partial charge < -0.3 is 15.3 Å². The van der Waals surface area contributed by atoms with Crippen molar-refractivity contribution in [2.75, 3.05) is 17.9 Å². The maximum absolute atomic E-state index is 12.0. The van der Waals surface area contributed by atoms with E-state index >= 15 is 0 Å². The van der Waals surface area contributed by atoms with E-state index in [-0.39, 0.29) is 12.1 Å². The lowest BCUT2D eigenvalue weighted by atomic mass is 10.2. The van der Waals surface area contributed by atoms with Gasteiger partial charge in [-0.3, -0.25) is 0 Å². The van der Waals surface area contributed by atoms with Gasteiger partial charge in [0.1, 0.15) is 6.04 Å². The van der Waals surface area contributed by atoms with Crippen LogP contribution in [-0.4, -0.2) is 57.2 Å². The Labute approximate surface area is 115 Å². The molecule has 2 amide bonds. The minimum atomic E-state index is -0.913. The number of carbonyl (C=O) groups excluding carboxylic acids is 1. The molecule has 1 aliphatic carbocycles. The van der Waals surface area contributed by atoms with Crippen molar-refractivity contribution in [1.29, 1.82) is 0 Å². The van der Waals surface area contributed by atoms with E-state index in [0.717, 1.165) is 19.3 Å².